The lowest BCUT2D eigenvalue weighted by Crippen LogP contribution is -2.46. The second-order valence-electron chi connectivity index (χ2n) is 3.61. The number of rotatable bonds is 2. The third kappa shape index (κ3) is 2.94. The fraction of sp³-hybridized carbons (Fsp3) is 0.364. The van der Waals surface area contributed by atoms with E-state index in [-0.39, 0.29) is 18.6 Å². The molecule has 2 rings (SSSR count). The van der Waals surface area contributed by atoms with Crippen LogP contribution in [0.2, 0.25) is 5.02 Å². The molecule has 1 atom stereocenters. The van der Waals surface area contributed by atoms with Gasteiger partial charge in [0.1, 0.15) is 6.61 Å². The predicted octanol–water partition coefficient (Wildman–Crippen LogP) is 1.40. The molecule has 0 radical (unpaired) electrons. The van der Waals surface area contributed by atoms with Crippen molar-refractivity contribution in [2.75, 3.05) is 13.2 Å². The Morgan fingerprint density at radius 3 is 2.80 bits per heavy atom. The highest BCUT2D eigenvalue weighted by molar-refractivity contribution is 6.30. The lowest BCUT2D eigenvalue weighted by atomic mass is 10.1. The van der Waals surface area contributed by atoms with Crippen molar-refractivity contribution in [2.24, 2.45) is 0 Å². The summed E-state index contributed by atoms with van der Waals surface area (Å²) in [5, 5.41) is 3.61. The van der Waals surface area contributed by atoms with Gasteiger partial charge in [-0.25, -0.2) is 0 Å². The summed E-state index contributed by atoms with van der Waals surface area (Å²) >= 11 is 5.78. The highest BCUT2D eigenvalue weighted by Crippen LogP contribution is 2.11. The van der Waals surface area contributed by atoms with Crippen LogP contribution in [-0.2, 0) is 16.0 Å². The summed E-state index contributed by atoms with van der Waals surface area (Å²) in [6, 6.07) is 7.70. The van der Waals surface area contributed by atoms with Gasteiger partial charge in [-0.15, -0.1) is 0 Å². The van der Waals surface area contributed by atoms with Gasteiger partial charge in [-0.05, 0) is 24.1 Å². The molecule has 15 heavy (non-hydrogen) atoms. The molecule has 1 saturated heterocycles. The Morgan fingerprint density at radius 1 is 1.40 bits per heavy atom. The number of morpholine rings is 1. The van der Waals surface area contributed by atoms with Gasteiger partial charge >= 0.3 is 0 Å². The summed E-state index contributed by atoms with van der Waals surface area (Å²) in [6.07, 6.45) is 0.781. The minimum atomic E-state index is -0.0415. The lowest BCUT2D eigenvalue weighted by Gasteiger charge is -2.23. The van der Waals surface area contributed by atoms with E-state index in [1.165, 1.54) is 0 Å². The Balaban J connectivity index is 1.96. The van der Waals surface area contributed by atoms with Gasteiger partial charge in [0.05, 0.1) is 12.6 Å². The highest BCUT2D eigenvalue weighted by atomic mass is 35.5. The number of halogens is 1. The Kier molecular flexibility index (Phi) is 3.23. The van der Waals surface area contributed by atoms with Crippen molar-refractivity contribution < 1.29 is 9.53 Å². The summed E-state index contributed by atoms with van der Waals surface area (Å²) in [7, 11) is 0. The van der Waals surface area contributed by atoms with Crippen LogP contribution in [-0.4, -0.2) is 25.2 Å². The van der Waals surface area contributed by atoms with Crippen LogP contribution in [0.4, 0.5) is 0 Å². The van der Waals surface area contributed by atoms with Crippen LogP contribution in [0.1, 0.15) is 5.56 Å². The highest BCUT2D eigenvalue weighted by Gasteiger charge is 2.18. The maximum Gasteiger partial charge on any atom is 0.246 e. The number of ether oxygens (including phenoxy) is 1. The van der Waals surface area contributed by atoms with E-state index in [9.17, 15) is 4.79 Å². The standard InChI is InChI=1S/C11H12ClNO2/c12-9-3-1-8(2-4-9)5-10-6-15-7-11(14)13-10/h1-4,10H,5-7H2,(H,13,14)/t10-/m0/s1. The summed E-state index contributed by atoms with van der Waals surface area (Å²) in [6.45, 7) is 0.755. The van der Waals surface area contributed by atoms with E-state index in [4.69, 9.17) is 16.3 Å². The molecule has 0 unspecified atom stereocenters. The van der Waals surface area contributed by atoms with Crippen LogP contribution >= 0.6 is 11.6 Å². The minimum Gasteiger partial charge on any atom is -0.369 e. The molecule has 1 aromatic rings. The Hall–Kier alpha value is -1.06. The Morgan fingerprint density at radius 2 is 2.13 bits per heavy atom. The van der Waals surface area contributed by atoms with Crippen LogP contribution in [0.25, 0.3) is 0 Å². The van der Waals surface area contributed by atoms with Crippen molar-refractivity contribution in [1.82, 2.24) is 5.32 Å². The average Bonchev–Trinajstić information content (AvgIpc) is 2.22. The molecule has 1 aromatic carbocycles. The number of hydrogen-bond donors (Lipinski definition) is 1. The molecular formula is C11H12ClNO2. The molecule has 1 amide bonds. The maximum atomic E-state index is 11.1. The molecule has 0 bridgehead atoms. The van der Waals surface area contributed by atoms with Crippen molar-refractivity contribution in [3.8, 4) is 0 Å². The van der Waals surface area contributed by atoms with Crippen LogP contribution in [0.3, 0.4) is 0 Å². The summed E-state index contributed by atoms with van der Waals surface area (Å²) in [5.41, 5.74) is 1.15. The zero-order valence-corrected chi connectivity index (χ0v) is 8.96. The van der Waals surface area contributed by atoms with Crippen molar-refractivity contribution in [2.45, 2.75) is 12.5 Å². The van der Waals surface area contributed by atoms with E-state index in [0.717, 1.165) is 17.0 Å². The minimum absolute atomic E-state index is 0.0415. The van der Waals surface area contributed by atoms with Crippen LogP contribution in [0.15, 0.2) is 24.3 Å². The first kappa shape index (κ1) is 10.5. The topological polar surface area (TPSA) is 38.3 Å². The number of benzene rings is 1. The molecule has 0 aromatic heterocycles. The quantitative estimate of drug-likeness (QED) is 0.826. The van der Waals surface area contributed by atoms with Crippen molar-refractivity contribution in [1.29, 1.82) is 0 Å². The van der Waals surface area contributed by atoms with Crippen LogP contribution < -0.4 is 5.32 Å². The zero-order chi connectivity index (χ0) is 10.7. The van der Waals surface area contributed by atoms with Gasteiger partial charge in [-0.2, -0.15) is 0 Å². The number of amides is 1. The fourth-order valence-corrected chi connectivity index (χ4v) is 1.75. The van der Waals surface area contributed by atoms with Gasteiger partial charge in [0, 0.05) is 5.02 Å². The number of carbonyl (C=O) groups excluding carboxylic acids is 1. The smallest absolute Gasteiger partial charge is 0.246 e. The van der Waals surface area contributed by atoms with Gasteiger partial charge in [-0.3, -0.25) is 4.79 Å². The van der Waals surface area contributed by atoms with E-state index in [0.29, 0.717) is 6.61 Å². The van der Waals surface area contributed by atoms with E-state index in [1.54, 1.807) is 0 Å². The first-order valence-electron chi connectivity index (χ1n) is 4.85. The van der Waals surface area contributed by atoms with Gasteiger partial charge < -0.3 is 10.1 Å². The molecule has 1 N–H and O–H groups in total. The summed E-state index contributed by atoms with van der Waals surface area (Å²) in [5.74, 6) is -0.0415. The normalized spacial score (nSPS) is 21.1. The largest absolute Gasteiger partial charge is 0.369 e. The number of nitrogens with one attached hydrogen (secondary N) is 1. The van der Waals surface area contributed by atoms with Crippen LogP contribution in [0.5, 0.6) is 0 Å². The van der Waals surface area contributed by atoms with Crippen LogP contribution in [0, 0.1) is 0 Å². The molecule has 0 spiro atoms. The summed E-state index contributed by atoms with van der Waals surface area (Å²) < 4.78 is 5.15. The molecule has 80 valence electrons. The van der Waals surface area contributed by atoms with Crippen molar-refractivity contribution in [3.05, 3.63) is 34.9 Å². The zero-order valence-electron chi connectivity index (χ0n) is 8.20. The van der Waals surface area contributed by atoms with Gasteiger partial charge in [0.2, 0.25) is 5.91 Å². The number of hydrogen-bond acceptors (Lipinski definition) is 2. The third-order valence-corrected chi connectivity index (χ3v) is 2.56. The first-order chi connectivity index (χ1) is 7.24. The molecule has 1 aliphatic heterocycles. The van der Waals surface area contributed by atoms with E-state index < -0.39 is 0 Å². The molecule has 1 fully saturated rings. The van der Waals surface area contributed by atoms with Gasteiger partial charge in [0.15, 0.2) is 0 Å². The van der Waals surface area contributed by atoms with Crippen molar-refractivity contribution in [3.63, 3.8) is 0 Å². The van der Waals surface area contributed by atoms with E-state index >= 15 is 0 Å². The van der Waals surface area contributed by atoms with Gasteiger partial charge in [0.25, 0.3) is 0 Å². The first-order valence-corrected chi connectivity index (χ1v) is 5.23. The molecule has 4 heteroatoms. The molecule has 1 heterocycles. The fourth-order valence-electron chi connectivity index (χ4n) is 1.62. The monoisotopic (exact) mass is 225 g/mol. The average molecular weight is 226 g/mol. The molecule has 0 saturated carbocycles. The van der Waals surface area contributed by atoms with Crippen molar-refractivity contribution >= 4 is 17.5 Å². The van der Waals surface area contributed by atoms with E-state index in [1.807, 2.05) is 24.3 Å². The maximum absolute atomic E-state index is 11.1. The Bertz CT molecular complexity index is 350. The second kappa shape index (κ2) is 4.64. The summed E-state index contributed by atoms with van der Waals surface area (Å²) in [4.78, 5) is 11.1. The Labute approximate surface area is 93.4 Å². The third-order valence-electron chi connectivity index (χ3n) is 2.31. The predicted molar refractivity (Wildman–Crippen MR) is 57.9 cm³/mol. The number of carbonyl (C=O) groups is 1. The second-order valence-corrected chi connectivity index (χ2v) is 4.05. The molecule has 0 aliphatic carbocycles. The van der Waals surface area contributed by atoms with Gasteiger partial charge in [-0.1, -0.05) is 23.7 Å². The SMILES string of the molecule is O=C1COC[C@H](Cc2ccc(Cl)cc2)N1. The van der Waals surface area contributed by atoms with E-state index in [2.05, 4.69) is 5.32 Å². The molecule has 3 nitrogen and oxygen atoms in total. The molecular weight excluding hydrogens is 214 g/mol. The lowest BCUT2D eigenvalue weighted by molar-refractivity contribution is -0.131. The molecule has 1 aliphatic rings.